The average molecular weight is 586 g/mol. The Kier molecular flexibility index (Phi) is 5.31. The highest BCUT2D eigenvalue weighted by atomic mass is 16.5. The molecule has 2 nitrogen and oxygen atoms in total. The fraction of sp³-hybridized carbons (Fsp3) is 0. The Morgan fingerprint density at radius 1 is 0.370 bits per heavy atom. The van der Waals surface area contributed by atoms with Gasteiger partial charge in [-0.15, -0.1) is 0 Å². The summed E-state index contributed by atoms with van der Waals surface area (Å²) in [4.78, 5) is 0. The molecule has 10 rings (SSSR count). The van der Waals surface area contributed by atoms with Gasteiger partial charge in [0.05, 0.1) is 11.0 Å². The normalized spacial score (nSPS) is 12.1. The lowest BCUT2D eigenvalue weighted by Crippen LogP contribution is -1.97. The van der Waals surface area contributed by atoms with Crippen LogP contribution in [-0.4, -0.2) is 4.57 Å². The summed E-state index contributed by atoms with van der Waals surface area (Å²) in [5, 5.41) is 7.38. The van der Waals surface area contributed by atoms with E-state index in [1.165, 1.54) is 76.9 Å². The van der Waals surface area contributed by atoms with Crippen molar-refractivity contribution < 1.29 is 4.74 Å². The largest absolute Gasteiger partial charge is 0.456 e. The molecule has 0 radical (unpaired) electrons. The molecular weight excluding hydrogens is 558 g/mol. The first kappa shape index (κ1) is 25.2. The summed E-state index contributed by atoms with van der Waals surface area (Å²) in [6.07, 6.45) is 0. The minimum atomic E-state index is 0.898. The van der Waals surface area contributed by atoms with Gasteiger partial charge in [0, 0.05) is 27.4 Å². The summed E-state index contributed by atoms with van der Waals surface area (Å²) in [7, 11) is 0. The number of ether oxygens (including phenoxy) is 1. The highest BCUT2D eigenvalue weighted by Gasteiger charge is 2.21. The number of fused-ring (bicyclic) bond motifs is 6. The van der Waals surface area contributed by atoms with Crippen molar-refractivity contribution in [3.63, 3.8) is 0 Å². The number of hydrogen-bond donors (Lipinski definition) is 0. The molecule has 0 saturated carbocycles. The van der Waals surface area contributed by atoms with Crippen LogP contribution in [0.15, 0.2) is 164 Å². The Morgan fingerprint density at radius 2 is 1.00 bits per heavy atom. The van der Waals surface area contributed by atoms with Crippen LogP contribution in [0.3, 0.4) is 0 Å². The van der Waals surface area contributed by atoms with Crippen LogP contribution in [0.25, 0.3) is 82.4 Å². The predicted molar refractivity (Wildman–Crippen MR) is 192 cm³/mol. The first-order valence-corrected chi connectivity index (χ1v) is 15.8. The van der Waals surface area contributed by atoms with Gasteiger partial charge < -0.3 is 9.30 Å². The van der Waals surface area contributed by atoms with Crippen LogP contribution in [0.1, 0.15) is 0 Å². The third-order valence-corrected chi connectivity index (χ3v) is 9.55. The van der Waals surface area contributed by atoms with Crippen molar-refractivity contribution >= 4 is 43.4 Å². The van der Waals surface area contributed by atoms with Gasteiger partial charge in [0.1, 0.15) is 11.5 Å². The molecule has 0 aliphatic carbocycles. The second-order valence-corrected chi connectivity index (χ2v) is 12.1. The van der Waals surface area contributed by atoms with E-state index in [0.29, 0.717) is 0 Å². The lowest BCUT2D eigenvalue weighted by atomic mass is 9.89. The third kappa shape index (κ3) is 3.71. The van der Waals surface area contributed by atoms with E-state index < -0.39 is 0 Å². The Bertz CT molecular complexity index is 2660. The molecule has 1 aliphatic heterocycles. The van der Waals surface area contributed by atoms with Gasteiger partial charge in [-0.2, -0.15) is 0 Å². The Hall–Kier alpha value is -6.12. The number of nitrogens with zero attached hydrogens (tertiary/aromatic N) is 1. The van der Waals surface area contributed by atoms with E-state index >= 15 is 0 Å². The van der Waals surface area contributed by atoms with Crippen molar-refractivity contribution in [3.05, 3.63) is 164 Å². The summed E-state index contributed by atoms with van der Waals surface area (Å²) >= 11 is 0. The van der Waals surface area contributed by atoms with Crippen LogP contribution in [0.5, 0.6) is 11.5 Å². The molecule has 0 amide bonds. The molecular formula is C44H27NO. The number of rotatable bonds is 3. The summed E-state index contributed by atoms with van der Waals surface area (Å²) in [5.74, 6) is 1.82. The van der Waals surface area contributed by atoms with Gasteiger partial charge in [-0.05, 0) is 98.6 Å². The summed E-state index contributed by atoms with van der Waals surface area (Å²) in [5.41, 5.74) is 10.7. The van der Waals surface area contributed by atoms with Crippen molar-refractivity contribution in [2.45, 2.75) is 0 Å². The first-order chi connectivity index (χ1) is 22.8. The molecule has 214 valence electrons. The molecule has 8 aromatic carbocycles. The molecule has 46 heavy (non-hydrogen) atoms. The molecule has 0 spiro atoms. The molecule has 0 unspecified atom stereocenters. The maximum Gasteiger partial charge on any atom is 0.135 e. The molecule has 1 aliphatic rings. The zero-order valence-electron chi connectivity index (χ0n) is 24.9. The summed E-state index contributed by atoms with van der Waals surface area (Å²) in [6, 6.07) is 59.1. The summed E-state index contributed by atoms with van der Waals surface area (Å²) < 4.78 is 8.81. The number of hydrogen-bond acceptors (Lipinski definition) is 1. The minimum Gasteiger partial charge on any atom is -0.456 e. The van der Waals surface area contributed by atoms with Crippen LogP contribution in [0.4, 0.5) is 0 Å². The van der Waals surface area contributed by atoms with Gasteiger partial charge in [0.25, 0.3) is 0 Å². The SMILES string of the molecule is c1ccc(-n2c3ccc(-c4ccccc4-c4ccc5c(c4)-c4cccc6cccc(c46)O5)cc3c3cc4ccccc4cc32)cc1. The standard InChI is InChI=1S/C44H27NO/c1-2-14-33(15-3-1)45-40-22-20-31(25-37(40)38-24-29-10-4-5-11-30(29)27-41(38)45)34-16-6-7-17-35(34)32-21-23-42-39(26-32)36-18-8-12-28-13-9-19-43(46-42)44(28)36/h1-27H. The fourth-order valence-corrected chi connectivity index (χ4v) is 7.45. The maximum atomic E-state index is 6.41. The molecule has 0 bridgehead atoms. The van der Waals surface area contributed by atoms with Crippen molar-refractivity contribution in [3.8, 4) is 50.6 Å². The van der Waals surface area contributed by atoms with Gasteiger partial charge in [0.15, 0.2) is 0 Å². The lowest BCUT2D eigenvalue weighted by Gasteiger charge is -2.22. The molecule has 0 N–H and O–H groups in total. The zero-order valence-corrected chi connectivity index (χ0v) is 24.9. The Balaban J connectivity index is 1.18. The number of para-hydroxylation sites is 1. The van der Waals surface area contributed by atoms with E-state index in [1.807, 2.05) is 0 Å². The second kappa shape index (κ2) is 9.69. The first-order valence-electron chi connectivity index (χ1n) is 15.8. The van der Waals surface area contributed by atoms with Crippen LogP contribution in [-0.2, 0) is 0 Å². The van der Waals surface area contributed by atoms with Gasteiger partial charge >= 0.3 is 0 Å². The molecule has 1 aromatic heterocycles. The van der Waals surface area contributed by atoms with E-state index in [0.717, 1.165) is 17.1 Å². The molecule has 0 fully saturated rings. The number of benzene rings is 8. The van der Waals surface area contributed by atoms with Crippen molar-refractivity contribution in [1.29, 1.82) is 0 Å². The van der Waals surface area contributed by atoms with E-state index in [1.54, 1.807) is 0 Å². The highest BCUT2D eigenvalue weighted by Crippen LogP contribution is 2.48. The quantitative estimate of drug-likeness (QED) is 0.201. The molecule has 2 heterocycles. The van der Waals surface area contributed by atoms with Gasteiger partial charge in [-0.3, -0.25) is 0 Å². The van der Waals surface area contributed by atoms with Crippen molar-refractivity contribution in [2.75, 3.05) is 0 Å². The lowest BCUT2D eigenvalue weighted by molar-refractivity contribution is 0.487. The minimum absolute atomic E-state index is 0.898. The molecule has 2 heteroatoms. The van der Waals surface area contributed by atoms with E-state index in [4.69, 9.17) is 4.74 Å². The van der Waals surface area contributed by atoms with E-state index in [9.17, 15) is 0 Å². The smallest absolute Gasteiger partial charge is 0.135 e. The van der Waals surface area contributed by atoms with Crippen molar-refractivity contribution in [1.82, 2.24) is 4.57 Å². The zero-order chi connectivity index (χ0) is 30.2. The van der Waals surface area contributed by atoms with Gasteiger partial charge in [0.2, 0.25) is 0 Å². The topological polar surface area (TPSA) is 14.2 Å². The number of aromatic nitrogens is 1. The van der Waals surface area contributed by atoms with E-state index in [-0.39, 0.29) is 0 Å². The molecule has 0 atom stereocenters. The highest BCUT2D eigenvalue weighted by molar-refractivity contribution is 6.15. The Labute approximate surface area is 266 Å². The van der Waals surface area contributed by atoms with Crippen LogP contribution < -0.4 is 4.74 Å². The average Bonchev–Trinajstić information content (AvgIpc) is 3.43. The molecule has 0 saturated heterocycles. The maximum absolute atomic E-state index is 6.41. The van der Waals surface area contributed by atoms with Crippen molar-refractivity contribution in [2.24, 2.45) is 0 Å². The monoisotopic (exact) mass is 585 g/mol. The Morgan fingerprint density at radius 3 is 1.83 bits per heavy atom. The van der Waals surface area contributed by atoms with Gasteiger partial charge in [-0.1, -0.05) is 109 Å². The summed E-state index contributed by atoms with van der Waals surface area (Å²) in [6.45, 7) is 0. The van der Waals surface area contributed by atoms with Crippen LogP contribution >= 0.6 is 0 Å². The third-order valence-electron chi connectivity index (χ3n) is 9.55. The second-order valence-electron chi connectivity index (χ2n) is 12.1. The molecule has 9 aromatic rings. The van der Waals surface area contributed by atoms with Gasteiger partial charge in [-0.25, -0.2) is 0 Å². The predicted octanol–water partition coefficient (Wildman–Crippen LogP) is 12.2. The van der Waals surface area contributed by atoms with E-state index in [2.05, 4.69) is 168 Å². The fourth-order valence-electron chi connectivity index (χ4n) is 7.45. The van der Waals surface area contributed by atoms with Crippen LogP contribution in [0, 0.1) is 0 Å². The van der Waals surface area contributed by atoms with Crippen LogP contribution in [0.2, 0.25) is 0 Å².